The molecule has 0 bridgehead atoms. The van der Waals surface area contributed by atoms with E-state index in [4.69, 9.17) is 4.74 Å². The summed E-state index contributed by atoms with van der Waals surface area (Å²) < 4.78 is 6.35. The molecule has 0 aliphatic heterocycles. The van der Waals surface area contributed by atoms with Gasteiger partial charge in [0.25, 0.3) is 0 Å². The molecule has 0 spiro atoms. The van der Waals surface area contributed by atoms with Crippen molar-refractivity contribution in [3.63, 3.8) is 0 Å². The number of hydrogen-bond acceptors (Lipinski definition) is 3. The zero-order valence-corrected chi connectivity index (χ0v) is 12.6. The summed E-state index contributed by atoms with van der Waals surface area (Å²) in [5.41, 5.74) is 1.68. The third kappa shape index (κ3) is 2.65. The summed E-state index contributed by atoms with van der Waals surface area (Å²) in [4.78, 5) is 13.2. The van der Waals surface area contributed by atoms with Crippen LogP contribution in [0.2, 0.25) is 0 Å². The van der Waals surface area contributed by atoms with E-state index in [9.17, 15) is 4.79 Å². The number of ketones is 1. The van der Waals surface area contributed by atoms with Gasteiger partial charge in [-0.15, -0.1) is 11.3 Å². The molecule has 94 valence electrons. The number of benzene rings is 1. The van der Waals surface area contributed by atoms with Gasteiger partial charge < -0.3 is 4.74 Å². The van der Waals surface area contributed by atoms with Gasteiger partial charge >= 0.3 is 0 Å². The molecular formula is C14H13BrO2S. The van der Waals surface area contributed by atoms with E-state index in [-0.39, 0.29) is 5.78 Å². The van der Waals surface area contributed by atoms with Gasteiger partial charge in [0.1, 0.15) is 5.75 Å². The van der Waals surface area contributed by atoms with Crippen molar-refractivity contribution in [3.8, 4) is 5.75 Å². The average Bonchev–Trinajstić information content (AvgIpc) is 2.77. The quantitative estimate of drug-likeness (QED) is 0.777. The van der Waals surface area contributed by atoms with Crippen molar-refractivity contribution in [2.24, 2.45) is 0 Å². The summed E-state index contributed by atoms with van der Waals surface area (Å²) in [5.74, 6) is 0.650. The van der Waals surface area contributed by atoms with Crippen molar-refractivity contribution >= 4 is 33.0 Å². The highest BCUT2D eigenvalue weighted by molar-refractivity contribution is 9.10. The highest BCUT2D eigenvalue weighted by Crippen LogP contribution is 2.29. The molecule has 0 aliphatic carbocycles. The number of thiophene rings is 1. The number of carbonyl (C=O) groups is 1. The Kier molecular flexibility index (Phi) is 4.19. The molecule has 0 unspecified atom stereocenters. The largest absolute Gasteiger partial charge is 0.493 e. The maximum Gasteiger partial charge on any atom is 0.207 e. The third-order valence-electron chi connectivity index (χ3n) is 2.50. The molecule has 0 radical (unpaired) electrons. The highest BCUT2D eigenvalue weighted by atomic mass is 79.9. The molecule has 18 heavy (non-hydrogen) atoms. The Balaban J connectivity index is 2.46. The van der Waals surface area contributed by atoms with E-state index in [2.05, 4.69) is 15.9 Å². The fourth-order valence-corrected chi connectivity index (χ4v) is 3.19. The first-order chi connectivity index (χ1) is 8.63. The Labute approximate surface area is 119 Å². The van der Waals surface area contributed by atoms with Crippen LogP contribution in [-0.2, 0) is 0 Å². The minimum Gasteiger partial charge on any atom is -0.493 e. The molecule has 0 atom stereocenters. The fraction of sp³-hybridized carbons (Fsp3) is 0.214. The van der Waals surface area contributed by atoms with E-state index in [1.165, 1.54) is 11.3 Å². The molecule has 0 amide bonds. The first-order valence-electron chi connectivity index (χ1n) is 5.64. The van der Waals surface area contributed by atoms with Crippen molar-refractivity contribution in [1.82, 2.24) is 0 Å². The van der Waals surface area contributed by atoms with E-state index in [1.807, 2.05) is 43.5 Å². The Morgan fingerprint density at radius 2 is 2.17 bits per heavy atom. The molecule has 2 aromatic rings. The Morgan fingerprint density at radius 3 is 2.78 bits per heavy atom. The number of carbonyl (C=O) groups excluding carboxylic acids is 1. The van der Waals surface area contributed by atoms with E-state index in [0.717, 1.165) is 10.0 Å². The van der Waals surface area contributed by atoms with Gasteiger partial charge in [-0.05, 0) is 53.4 Å². The summed E-state index contributed by atoms with van der Waals surface area (Å²) in [7, 11) is 0. The van der Waals surface area contributed by atoms with E-state index in [0.29, 0.717) is 22.8 Å². The molecule has 2 rings (SSSR count). The van der Waals surface area contributed by atoms with Crippen LogP contribution in [0, 0.1) is 6.92 Å². The summed E-state index contributed by atoms with van der Waals surface area (Å²) in [6.07, 6.45) is 0. The van der Waals surface area contributed by atoms with Gasteiger partial charge in [0.05, 0.1) is 17.0 Å². The normalized spacial score (nSPS) is 10.4. The minimum atomic E-state index is 0.00373. The second-order valence-electron chi connectivity index (χ2n) is 3.86. The Hall–Kier alpha value is -1.13. The molecule has 0 saturated carbocycles. The summed E-state index contributed by atoms with van der Waals surface area (Å²) in [6.45, 7) is 4.43. The predicted octanol–water partition coefficient (Wildman–Crippen LogP) is 4.45. The molecule has 2 nitrogen and oxygen atoms in total. The van der Waals surface area contributed by atoms with Gasteiger partial charge in [0, 0.05) is 4.47 Å². The van der Waals surface area contributed by atoms with Crippen molar-refractivity contribution in [2.75, 3.05) is 6.61 Å². The average molecular weight is 325 g/mol. The van der Waals surface area contributed by atoms with Crippen LogP contribution in [0.4, 0.5) is 0 Å². The first kappa shape index (κ1) is 13.3. The Morgan fingerprint density at radius 1 is 1.39 bits per heavy atom. The molecule has 1 aromatic heterocycles. The van der Waals surface area contributed by atoms with Gasteiger partial charge in [-0.1, -0.05) is 11.6 Å². The number of aryl methyl sites for hydroxylation is 1. The van der Waals surface area contributed by atoms with Crippen molar-refractivity contribution in [3.05, 3.63) is 50.1 Å². The lowest BCUT2D eigenvalue weighted by atomic mass is 10.1. The highest BCUT2D eigenvalue weighted by Gasteiger charge is 2.18. The van der Waals surface area contributed by atoms with Gasteiger partial charge in [-0.25, -0.2) is 0 Å². The SMILES string of the molecule is CCOc1ccc(C)cc1C(=O)c1sccc1Br. The molecule has 1 aromatic carbocycles. The van der Waals surface area contributed by atoms with Gasteiger partial charge in [-0.2, -0.15) is 0 Å². The molecule has 0 aliphatic rings. The van der Waals surface area contributed by atoms with Crippen molar-refractivity contribution < 1.29 is 9.53 Å². The zero-order valence-electron chi connectivity index (χ0n) is 10.2. The van der Waals surface area contributed by atoms with Crippen LogP contribution < -0.4 is 4.74 Å². The summed E-state index contributed by atoms with van der Waals surface area (Å²) >= 11 is 4.83. The molecule has 0 fully saturated rings. The van der Waals surface area contributed by atoms with Crippen LogP contribution in [0.25, 0.3) is 0 Å². The second-order valence-corrected chi connectivity index (χ2v) is 5.63. The van der Waals surface area contributed by atoms with Crippen LogP contribution in [-0.4, -0.2) is 12.4 Å². The third-order valence-corrected chi connectivity index (χ3v) is 4.34. The molecule has 0 N–H and O–H groups in total. The number of rotatable bonds is 4. The van der Waals surface area contributed by atoms with Crippen LogP contribution in [0.1, 0.15) is 27.7 Å². The zero-order chi connectivity index (χ0) is 13.1. The maximum atomic E-state index is 12.5. The van der Waals surface area contributed by atoms with Crippen molar-refractivity contribution in [2.45, 2.75) is 13.8 Å². The van der Waals surface area contributed by atoms with Crippen LogP contribution in [0.3, 0.4) is 0 Å². The van der Waals surface area contributed by atoms with E-state index >= 15 is 0 Å². The van der Waals surface area contributed by atoms with Gasteiger partial charge in [0.15, 0.2) is 0 Å². The smallest absolute Gasteiger partial charge is 0.207 e. The van der Waals surface area contributed by atoms with Crippen LogP contribution in [0.5, 0.6) is 5.75 Å². The fourth-order valence-electron chi connectivity index (χ4n) is 1.68. The summed E-state index contributed by atoms with van der Waals surface area (Å²) in [6, 6.07) is 7.56. The molecular weight excluding hydrogens is 312 g/mol. The molecule has 1 heterocycles. The second kappa shape index (κ2) is 5.67. The molecule has 4 heteroatoms. The number of halogens is 1. The molecule has 0 saturated heterocycles. The van der Waals surface area contributed by atoms with Crippen LogP contribution >= 0.6 is 27.3 Å². The van der Waals surface area contributed by atoms with Crippen molar-refractivity contribution in [1.29, 1.82) is 0 Å². The lowest BCUT2D eigenvalue weighted by molar-refractivity contribution is 0.103. The van der Waals surface area contributed by atoms with Crippen LogP contribution in [0.15, 0.2) is 34.1 Å². The standard InChI is InChI=1S/C14H13BrO2S/c1-3-17-12-5-4-9(2)8-10(12)13(16)14-11(15)6-7-18-14/h4-8H,3H2,1-2H3. The Bertz CT molecular complexity index is 575. The predicted molar refractivity (Wildman–Crippen MR) is 77.8 cm³/mol. The van der Waals surface area contributed by atoms with Gasteiger partial charge in [0.2, 0.25) is 5.78 Å². The monoisotopic (exact) mass is 324 g/mol. The van der Waals surface area contributed by atoms with E-state index < -0.39 is 0 Å². The number of hydrogen-bond donors (Lipinski definition) is 0. The number of ether oxygens (including phenoxy) is 1. The topological polar surface area (TPSA) is 26.3 Å². The summed E-state index contributed by atoms with van der Waals surface area (Å²) in [5, 5.41) is 1.90. The first-order valence-corrected chi connectivity index (χ1v) is 7.32. The lowest BCUT2D eigenvalue weighted by Gasteiger charge is -2.09. The van der Waals surface area contributed by atoms with E-state index in [1.54, 1.807) is 0 Å². The lowest BCUT2D eigenvalue weighted by Crippen LogP contribution is -2.05. The minimum absolute atomic E-state index is 0.00373. The van der Waals surface area contributed by atoms with Gasteiger partial charge in [-0.3, -0.25) is 4.79 Å². The maximum absolute atomic E-state index is 12.5.